The molecule has 6 nitrogen and oxygen atoms in total. The maximum atomic E-state index is 11.5. The molecule has 6 heteroatoms. The monoisotopic (exact) mass is 267 g/mol. The topological polar surface area (TPSA) is 84.9 Å². The third-order valence-corrected chi connectivity index (χ3v) is 2.24. The molecule has 104 valence electrons. The van der Waals surface area contributed by atoms with Crippen molar-refractivity contribution in [2.24, 2.45) is 0 Å². The maximum Gasteiger partial charge on any atom is 0.303 e. The smallest absolute Gasteiger partial charge is 0.303 e. The normalized spacial score (nSPS) is 9.95. The fourth-order valence-corrected chi connectivity index (χ4v) is 1.35. The summed E-state index contributed by atoms with van der Waals surface area (Å²) in [6.07, 6.45) is -0.236. The van der Waals surface area contributed by atoms with Gasteiger partial charge in [-0.2, -0.15) is 0 Å². The third kappa shape index (κ3) is 6.42. The lowest BCUT2D eigenvalue weighted by Gasteiger charge is -2.08. The zero-order chi connectivity index (χ0) is 14.1. The van der Waals surface area contributed by atoms with Crippen LogP contribution < -0.4 is 10.1 Å². The number of amides is 1. The second-order valence-electron chi connectivity index (χ2n) is 3.81. The lowest BCUT2D eigenvalue weighted by atomic mass is 10.2. The molecule has 0 aliphatic carbocycles. The number of rotatable bonds is 8. The van der Waals surface area contributed by atoms with E-state index in [1.165, 1.54) is 0 Å². The molecule has 0 fully saturated rings. The summed E-state index contributed by atoms with van der Waals surface area (Å²) in [5.74, 6) is -0.712. The lowest BCUT2D eigenvalue weighted by Crippen LogP contribution is -2.13. The molecule has 1 aromatic rings. The van der Waals surface area contributed by atoms with Crippen LogP contribution in [0.25, 0.3) is 0 Å². The van der Waals surface area contributed by atoms with Gasteiger partial charge in [0.1, 0.15) is 12.4 Å². The maximum absolute atomic E-state index is 11.5. The molecule has 0 atom stereocenters. The van der Waals surface area contributed by atoms with E-state index in [1.54, 1.807) is 31.4 Å². The van der Waals surface area contributed by atoms with E-state index >= 15 is 0 Å². The molecule has 1 aromatic carbocycles. The number of carbonyl (C=O) groups excluding carboxylic acids is 1. The molecule has 2 N–H and O–H groups in total. The molecular formula is C13H17NO5. The average Bonchev–Trinajstić information content (AvgIpc) is 2.37. The van der Waals surface area contributed by atoms with Gasteiger partial charge in [0.25, 0.3) is 0 Å². The van der Waals surface area contributed by atoms with E-state index in [1.807, 2.05) is 0 Å². The number of carboxylic acids is 1. The van der Waals surface area contributed by atoms with Gasteiger partial charge in [-0.1, -0.05) is 6.07 Å². The van der Waals surface area contributed by atoms with Crippen molar-refractivity contribution in [1.82, 2.24) is 0 Å². The van der Waals surface area contributed by atoms with Crippen molar-refractivity contribution in [2.45, 2.75) is 12.8 Å². The minimum Gasteiger partial charge on any atom is -0.491 e. The Hall–Kier alpha value is -2.08. The van der Waals surface area contributed by atoms with Gasteiger partial charge in [-0.15, -0.1) is 0 Å². The first-order chi connectivity index (χ1) is 9.11. The predicted molar refractivity (Wildman–Crippen MR) is 69.3 cm³/mol. The van der Waals surface area contributed by atoms with E-state index in [2.05, 4.69) is 5.32 Å². The lowest BCUT2D eigenvalue weighted by molar-refractivity contribution is -0.138. The summed E-state index contributed by atoms with van der Waals surface area (Å²) in [5.41, 5.74) is 0.574. The van der Waals surface area contributed by atoms with Crippen LogP contribution in [0, 0.1) is 0 Å². The van der Waals surface area contributed by atoms with E-state index in [0.29, 0.717) is 24.7 Å². The molecule has 0 spiro atoms. The zero-order valence-corrected chi connectivity index (χ0v) is 10.7. The number of nitrogens with one attached hydrogen (secondary N) is 1. The number of anilines is 1. The summed E-state index contributed by atoms with van der Waals surface area (Å²) in [6.45, 7) is 0.905. The van der Waals surface area contributed by atoms with Gasteiger partial charge in [-0.25, -0.2) is 0 Å². The van der Waals surface area contributed by atoms with Crippen molar-refractivity contribution in [2.75, 3.05) is 25.6 Å². The highest BCUT2D eigenvalue weighted by molar-refractivity contribution is 5.92. The minimum absolute atomic E-state index is 0.0515. The Morgan fingerprint density at radius 3 is 2.74 bits per heavy atom. The summed E-state index contributed by atoms with van der Waals surface area (Å²) in [6, 6.07) is 6.90. The molecule has 0 saturated carbocycles. The van der Waals surface area contributed by atoms with Crippen LogP contribution in [0.15, 0.2) is 24.3 Å². The van der Waals surface area contributed by atoms with Gasteiger partial charge >= 0.3 is 5.97 Å². The Kier molecular flexibility index (Phi) is 6.38. The summed E-state index contributed by atoms with van der Waals surface area (Å²) in [7, 11) is 1.59. The molecular weight excluding hydrogens is 250 g/mol. The molecule has 0 bridgehead atoms. The van der Waals surface area contributed by atoms with Crippen LogP contribution >= 0.6 is 0 Å². The van der Waals surface area contributed by atoms with Crippen molar-refractivity contribution in [3.05, 3.63) is 24.3 Å². The van der Waals surface area contributed by atoms with Crippen molar-refractivity contribution in [3.63, 3.8) is 0 Å². The molecule has 0 heterocycles. The van der Waals surface area contributed by atoms with Crippen LogP contribution in [0.4, 0.5) is 5.69 Å². The number of benzene rings is 1. The van der Waals surface area contributed by atoms with Gasteiger partial charge in [-0.05, 0) is 12.1 Å². The third-order valence-electron chi connectivity index (χ3n) is 2.24. The molecule has 0 aromatic heterocycles. The van der Waals surface area contributed by atoms with Gasteiger partial charge in [0.15, 0.2) is 0 Å². The first-order valence-electron chi connectivity index (χ1n) is 5.85. The van der Waals surface area contributed by atoms with Crippen LogP contribution in [0.1, 0.15) is 12.8 Å². The highest BCUT2D eigenvalue weighted by Gasteiger charge is 2.06. The first kappa shape index (κ1) is 15.0. The Morgan fingerprint density at radius 2 is 2.05 bits per heavy atom. The van der Waals surface area contributed by atoms with Crippen LogP contribution in [0.2, 0.25) is 0 Å². The summed E-state index contributed by atoms with van der Waals surface area (Å²) in [4.78, 5) is 21.8. The number of ether oxygens (including phenoxy) is 2. The van der Waals surface area contributed by atoms with E-state index in [4.69, 9.17) is 14.6 Å². The van der Waals surface area contributed by atoms with Gasteiger partial charge in [-0.3, -0.25) is 9.59 Å². The first-order valence-corrected chi connectivity index (χ1v) is 5.85. The van der Waals surface area contributed by atoms with Crippen molar-refractivity contribution >= 4 is 17.6 Å². The summed E-state index contributed by atoms with van der Waals surface area (Å²) < 4.78 is 10.3. The Morgan fingerprint density at radius 1 is 1.26 bits per heavy atom. The molecule has 1 amide bonds. The number of carboxylic acid groups (broad SMARTS) is 1. The molecule has 0 saturated heterocycles. The highest BCUT2D eigenvalue weighted by atomic mass is 16.5. The fraction of sp³-hybridized carbons (Fsp3) is 0.385. The quantitative estimate of drug-likeness (QED) is 0.697. The number of aliphatic carboxylic acids is 1. The number of methoxy groups -OCH3 is 1. The predicted octanol–water partition coefficient (Wildman–Crippen LogP) is 1.52. The Labute approximate surface area is 111 Å². The standard InChI is InChI=1S/C13H17NO5/c1-18-7-8-19-11-4-2-3-10(9-11)14-12(15)5-6-13(16)17/h2-4,9H,5-8H2,1H3,(H,14,15)(H,16,17). The zero-order valence-electron chi connectivity index (χ0n) is 10.7. The Balaban J connectivity index is 2.47. The summed E-state index contributed by atoms with van der Waals surface area (Å²) in [5, 5.41) is 11.1. The van der Waals surface area contributed by atoms with Gasteiger partial charge in [0.05, 0.1) is 13.0 Å². The Bertz CT molecular complexity index is 433. The highest BCUT2D eigenvalue weighted by Crippen LogP contribution is 2.17. The summed E-state index contributed by atoms with van der Waals surface area (Å²) >= 11 is 0. The van der Waals surface area contributed by atoms with Crippen molar-refractivity contribution in [3.8, 4) is 5.75 Å². The molecule has 0 aliphatic heterocycles. The van der Waals surface area contributed by atoms with E-state index < -0.39 is 5.97 Å². The van der Waals surface area contributed by atoms with Gasteiger partial charge in [0, 0.05) is 25.3 Å². The van der Waals surface area contributed by atoms with Crippen LogP contribution in [-0.2, 0) is 14.3 Å². The average molecular weight is 267 g/mol. The molecule has 19 heavy (non-hydrogen) atoms. The van der Waals surface area contributed by atoms with Crippen LogP contribution in [0.3, 0.4) is 0 Å². The van der Waals surface area contributed by atoms with E-state index in [0.717, 1.165) is 0 Å². The number of hydrogen-bond acceptors (Lipinski definition) is 4. The fourth-order valence-electron chi connectivity index (χ4n) is 1.35. The van der Waals surface area contributed by atoms with Crippen LogP contribution in [-0.4, -0.2) is 37.3 Å². The number of carbonyl (C=O) groups is 2. The van der Waals surface area contributed by atoms with E-state index in [9.17, 15) is 9.59 Å². The number of hydrogen-bond donors (Lipinski definition) is 2. The molecule has 0 aliphatic rings. The SMILES string of the molecule is COCCOc1cccc(NC(=O)CCC(=O)O)c1. The molecule has 1 rings (SSSR count). The largest absolute Gasteiger partial charge is 0.491 e. The van der Waals surface area contributed by atoms with Crippen LogP contribution in [0.5, 0.6) is 5.75 Å². The second kappa shape index (κ2) is 8.10. The minimum atomic E-state index is -0.994. The van der Waals surface area contributed by atoms with Crippen molar-refractivity contribution < 1.29 is 24.2 Å². The molecule has 0 radical (unpaired) electrons. The second-order valence-corrected chi connectivity index (χ2v) is 3.81. The van der Waals surface area contributed by atoms with Gasteiger partial charge < -0.3 is 19.9 Å². The van der Waals surface area contributed by atoms with Crippen molar-refractivity contribution in [1.29, 1.82) is 0 Å². The van der Waals surface area contributed by atoms with E-state index in [-0.39, 0.29) is 18.7 Å². The molecule has 0 unspecified atom stereocenters. The van der Waals surface area contributed by atoms with Gasteiger partial charge in [0.2, 0.25) is 5.91 Å².